The van der Waals surface area contributed by atoms with Gasteiger partial charge in [0.05, 0.1) is 0 Å². The third kappa shape index (κ3) is 5.09. The van der Waals surface area contributed by atoms with Crippen molar-refractivity contribution in [3.8, 4) is 5.75 Å². The Balaban J connectivity index is 2.05. The third-order valence-electron chi connectivity index (χ3n) is 3.53. The maximum Gasteiger partial charge on any atom is 0.255 e. The second-order valence-corrected chi connectivity index (χ2v) is 5.80. The molecule has 2 aromatic carbocycles. The van der Waals surface area contributed by atoms with Crippen LogP contribution in [0.25, 0.3) is 6.08 Å². The van der Waals surface area contributed by atoms with E-state index in [2.05, 4.69) is 26.0 Å². The number of hydrogen-bond acceptors (Lipinski definition) is 3. The summed E-state index contributed by atoms with van der Waals surface area (Å²) in [6.07, 6.45) is 3.31. The van der Waals surface area contributed by atoms with E-state index in [1.807, 2.05) is 12.1 Å². The molecule has 0 aromatic heterocycles. The van der Waals surface area contributed by atoms with E-state index in [0.29, 0.717) is 17.2 Å². The Morgan fingerprint density at radius 3 is 2.46 bits per heavy atom. The number of ether oxygens (including phenoxy) is 1. The number of hydrogen-bond donors (Lipinski definition) is 1. The van der Waals surface area contributed by atoms with Crippen molar-refractivity contribution in [1.82, 2.24) is 0 Å². The Labute approximate surface area is 141 Å². The number of benzene rings is 2. The first-order chi connectivity index (χ1) is 11.5. The van der Waals surface area contributed by atoms with Crippen LogP contribution in [0.15, 0.2) is 54.6 Å². The second-order valence-electron chi connectivity index (χ2n) is 5.80. The number of carbonyl (C=O) groups excluding carboxylic acids is 2. The summed E-state index contributed by atoms with van der Waals surface area (Å²) in [5.74, 6) is 0.228. The van der Waals surface area contributed by atoms with Gasteiger partial charge in [0, 0.05) is 5.56 Å². The van der Waals surface area contributed by atoms with Crippen LogP contribution < -0.4 is 10.5 Å². The van der Waals surface area contributed by atoms with Gasteiger partial charge in [0.1, 0.15) is 5.75 Å². The van der Waals surface area contributed by atoms with Crippen LogP contribution in [0.1, 0.15) is 41.3 Å². The van der Waals surface area contributed by atoms with Crippen molar-refractivity contribution in [3.63, 3.8) is 0 Å². The molecule has 2 rings (SSSR count). The average Bonchev–Trinajstić information content (AvgIpc) is 2.58. The number of nitrogens with two attached hydrogens (primary N) is 1. The molecule has 0 heterocycles. The Hall–Kier alpha value is -2.88. The summed E-state index contributed by atoms with van der Waals surface area (Å²) in [4.78, 5) is 23.0. The van der Waals surface area contributed by atoms with Gasteiger partial charge in [0.2, 0.25) is 0 Å². The first-order valence-corrected chi connectivity index (χ1v) is 7.79. The molecule has 0 fully saturated rings. The molecule has 0 saturated heterocycles. The maximum absolute atomic E-state index is 12.2. The van der Waals surface area contributed by atoms with Crippen molar-refractivity contribution in [2.75, 3.05) is 6.61 Å². The van der Waals surface area contributed by atoms with Crippen molar-refractivity contribution in [2.24, 2.45) is 5.73 Å². The minimum absolute atomic E-state index is 0.132. The number of carbonyl (C=O) groups is 2. The van der Waals surface area contributed by atoms with E-state index in [0.717, 1.165) is 5.56 Å². The highest BCUT2D eigenvalue weighted by atomic mass is 16.5. The molecule has 0 aliphatic rings. The van der Waals surface area contributed by atoms with Crippen LogP contribution in [0.4, 0.5) is 0 Å². The standard InChI is InChI=1S/C20H21NO3/c1-14(2)16-9-6-15(7-10-16)8-11-19(22)17-4-3-5-18(12-17)24-13-20(21)23/h3-12,14H,13H2,1-2H3,(H2,21,23)/b11-8+. The van der Waals surface area contributed by atoms with E-state index >= 15 is 0 Å². The summed E-state index contributed by atoms with van der Waals surface area (Å²) in [6.45, 7) is 4.07. The predicted molar refractivity (Wildman–Crippen MR) is 95.0 cm³/mol. The first kappa shape index (κ1) is 17.5. The van der Waals surface area contributed by atoms with Gasteiger partial charge in [-0.05, 0) is 35.3 Å². The molecular formula is C20H21NO3. The fraction of sp³-hybridized carbons (Fsp3) is 0.200. The lowest BCUT2D eigenvalue weighted by Crippen LogP contribution is -2.20. The fourth-order valence-electron chi connectivity index (χ4n) is 2.15. The highest BCUT2D eigenvalue weighted by Crippen LogP contribution is 2.17. The molecule has 0 radical (unpaired) electrons. The molecule has 0 saturated carbocycles. The lowest BCUT2D eigenvalue weighted by atomic mass is 10.0. The van der Waals surface area contributed by atoms with E-state index in [1.165, 1.54) is 11.6 Å². The highest BCUT2D eigenvalue weighted by molar-refractivity contribution is 6.07. The molecule has 0 aliphatic carbocycles. The molecule has 0 aliphatic heterocycles. The Bertz CT molecular complexity index is 746. The summed E-state index contributed by atoms with van der Waals surface area (Å²) in [5.41, 5.74) is 7.76. The average molecular weight is 323 g/mol. The molecule has 0 unspecified atom stereocenters. The van der Waals surface area contributed by atoms with Crippen molar-refractivity contribution in [3.05, 3.63) is 71.3 Å². The van der Waals surface area contributed by atoms with Gasteiger partial charge in [-0.15, -0.1) is 0 Å². The van der Waals surface area contributed by atoms with Crippen LogP contribution in [0.5, 0.6) is 5.75 Å². The van der Waals surface area contributed by atoms with Gasteiger partial charge >= 0.3 is 0 Å². The lowest BCUT2D eigenvalue weighted by Gasteiger charge is -2.05. The van der Waals surface area contributed by atoms with Crippen molar-refractivity contribution in [2.45, 2.75) is 19.8 Å². The van der Waals surface area contributed by atoms with E-state index in [-0.39, 0.29) is 12.4 Å². The zero-order chi connectivity index (χ0) is 17.5. The van der Waals surface area contributed by atoms with Crippen LogP contribution in [-0.2, 0) is 4.79 Å². The summed E-state index contributed by atoms with van der Waals surface area (Å²) in [5, 5.41) is 0. The van der Waals surface area contributed by atoms with Gasteiger partial charge in [-0.25, -0.2) is 0 Å². The van der Waals surface area contributed by atoms with Crippen LogP contribution in [0, 0.1) is 0 Å². The minimum Gasteiger partial charge on any atom is -0.484 e. The molecule has 2 aromatic rings. The highest BCUT2D eigenvalue weighted by Gasteiger charge is 2.05. The summed E-state index contributed by atoms with van der Waals surface area (Å²) in [6, 6.07) is 14.8. The van der Waals surface area contributed by atoms with Gasteiger partial charge in [-0.2, -0.15) is 0 Å². The number of rotatable bonds is 7. The van der Waals surface area contributed by atoms with Gasteiger partial charge in [-0.3, -0.25) is 9.59 Å². The number of amides is 1. The Morgan fingerprint density at radius 1 is 1.12 bits per heavy atom. The fourth-order valence-corrected chi connectivity index (χ4v) is 2.15. The smallest absolute Gasteiger partial charge is 0.255 e. The number of primary amides is 1. The monoisotopic (exact) mass is 323 g/mol. The summed E-state index contributed by atoms with van der Waals surface area (Å²) < 4.78 is 5.21. The van der Waals surface area contributed by atoms with Crippen LogP contribution in [0.3, 0.4) is 0 Å². The minimum atomic E-state index is -0.559. The number of allylic oxidation sites excluding steroid dienone is 1. The zero-order valence-electron chi connectivity index (χ0n) is 13.9. The largest absolute Gasteiger partial charge is 0.484 e. The molecule has 0 spiro atoms. The quantitative estimate of drug-likeness (QED) is 0.625. The van der Waals surface area contributed by atoms with Gasteiger partial charge in [0.15, 0.2) is 12.4 Å². The molecule has 2 N–H and O–H groups in total. The topological polar surface area (TPSA) is 69.4 Å². The maximum atomic E-state index is 12.2. The van der Waals surface area contributed by atoms with E-state index < -0.39 is 5.91 Å². The number of ketones is 1. The van der Waals surface area contributed by atoms with Gasteiger partial charge in [0.25, 0.3) is 5.91 Å². The SMILES string of the molecule is CC(C)c1ccc(/C=C/C(=O)c2cccc(OCC(N)=O)c2)cc1. The van der Waals surface area contributed by atoms with Crippen LogP contribution >= 0.6 is 0 Å². The third-order valence-corrected chi connectivity index (χ3v) is 3.53. The van der Waals surface area contributed by atoms with Crippen molar-refractivity contribution < 1.29 is 14.3 Å². The molecule has 124 valence electrons. The van der Waals surface area contributed by atoms with Gasteiger partial charge < -0.3 is 10.5 Å². The van der Waals surface area contributed by atoms with Crippen LogP contribution in [-0.4, -0.2) is 18.3 Å². The van der Waals surface area contributed by atoms with Crippen molar-refractivity contribution in [1.29, 1.82) is 0 Å². The molecule has 0 bridgehead atoms. The van der Waals surface area contributed by atoms with E-state index in [1.54, 1.807) is 30.3 Å². The molecule has 24 heavy (non-hydrogen) atoms. The molecule has 1 amide bonds. The van der Waals surface area contributed by atoms with E-state index in [9.17, 15) is 9.59 Å². The molecule has 0 atom stereocenters. The Morgan fingerprint density at radius 2 is 1.83 bits per heavy atom. The van der Waals surface area contributed by atoms with E-state index in [4.69, 9.17) is 10.5 Å². The van der Waals surface area contributed by atoms with Crippen LogP contribution in [0.2, 0.25) is 0 Å². The zero-order valence-corrected chi connectivity index (χ0v) is 13.9. The molecule has 4 heteroatoms. The molecular weight excluding hydrogens is 302 g/mol. The van der Waals surface area contributed by atoms with Gasteiger partial charge in [-0.1, -0.05) is 56.3 Å². The van der Waals surface area contributed by atoms with Crippen molar-refractivity contribution >= 4 is 17.8 Å². The summed E-state index contributed by atoms with van der Waals surface area (Å²) >= 11 is 0. The lowest BCUT2D eigenvalue weighted by molar-refractivity contribution is -0.119. The normalized spacial score (nSPS) is 11.0. The summed E-state index contributed by atoms with van der Waals surface area (Å²) in [7, 11) is 0. The first-order valence-electron chi connectivity index (χ1n) is 7.79. The second kappa shape index (κ2) is 8.11. The Kier molecular flexibility index (Phi) is 5.90. The molecule has 4 nitrogen and oxygen atoms in total. The predicted octanol–water partition coefficient (Wildman–Crippen LogP) is 3.57.